The quantitative estimate of drug-likeness (QED) is 0.825. The van der Waals surface area contributed by atoms with Crippen molar-refractivity contribution in [2.45, 2.75) is 19.3 Å². The lowest BCUT2D eigenvalue weighted by atomic mass is 9.97. The molecule has 0 amide bonds. The maximum atomic E-state index is 11.8. The lowest BCUT2D eigenvalue weighted by molar-refractivity contribution is -0.142. The largest absolute Gasteiger partial charge is 0.511 e. The Kier molecular flexibility index (Phi) is 3.74. The van der Waals surface area contributed by atoms with Gasteiger partial charge in [-0.25, -0.2) is 0 Å². The molecule has 2 aliphatic rings. The van der Waals surface area contributed by atoms with Gasteiger partial charge in [0.2, 0.25) is 11.6 Å². The molecule has 116 valence electrons. The fourth-order valence-corrected chi connectivity index (χ4v) is 3.95. The van der Waals surface area contributed by atoms with E-state index in [0.717, 1.165) is 5.00 Å². The van der Waals surface area contributed by atoms with Gasteiger partial charge in [0.15, 0.2) is 0 Å². The van der Waals surface area contributed by atoms with Crippen LogP contribution < -0.4 is 4.90 Å². The number of carbonyl (C=O) groups excluding carboxylic acids is 2. The molecule has 1 aromatic rings. The molecule has 1 aliphatic heterocycles. The number of rotatable bonds is 3. The Labute approximate surface area is 130 Å². The van der Waals surface area contributed by atoms with Crippen molar-refractivity contribution < 1.29 is 24.6 Å². The van der Waals surface area contributed by atoms with Gasteiger partial charge in [0.05, 0.1) is 22.9 Å². The first kappa shape index (κ1) is 14.8. The Balaban J connectivity index is 1.75. The van der Waals surface area contributed by atoms with Crippen molar-refractivity contribution in [3.05, 3.63) is 22.8 Å². The number of ketones is 2. The Hall–Kier alpha value is -2.15. The lowest BCUT2D eigenvalue weighted by Crippen LogP contribution is -2.35. The number of Topliss-reactive ketones (excluding diaryl/α,β-unsaturated/α-hetero) is 2. The molecule has 1 aliphatic carbocycles. The average molecular weight is 321 g/mol. The first-order valence-electron chi connectivity index (χ1n) is 7.05. The van der Waals surface area contributed by atoms with E-state index in [9.17, 15) is 19.5 Å². The molecule has 3 rings (SSSR count). The summed E-state index contributed by atoms with van der Waals surface area (Å²) in [7, 11) is 0. The van der Waals surface area contributed by atoms with Crippen LogP contribution in [0.4, 0.5) is 5.00 Å². The molecule has 2 N–H and O–H groups in total. The first-order chi connectivity index (χ1) is 10.5. The van der Waals surface area contributed by atoms with Gasteiger partial charge in [-0.05, 0) is 25.0 Å². The second kappa shape index (κ2) is 5.57. The molecule has 1 saturated heterocycles. The molecule has 0 bridgehead atoms. The lowest BCUT2D eigenvalue weighted by Gasteiger charge is -2.30. The van der Waals surface area contributed by atoms with Crippen LogP contribution in [0, 0.1) is 5.92 Å². The van der Waals surface area contributed by atoms with Crippen molar-refractivity contribution in [3.63, 3.8) is 0 Å². The van der Waals surface area contributed by atoms with E-state index >= 15 is 0 Å². The SMILES string of the molecule is O=C1CC(O)=C(c2ccc(N3CCC(C(=O)O)CC3)s2)C1=O. The minimum atomic E-state index is -0.753. The highest BCUT2D eigenvalue weighted by atomic mass is 32.1. The van der Waals surface area contributed by atoms with Gasteiger partial charge in [0, 0.05) is 18.0 Å². The van der Waals surface area contributed by atoms with E-state index in [1.807, 2.05) is 6.07 Å². The van der Waals surface area contributed by atoms with Crippen LogP contribution in [-0.4, -0.2) is 40.8 Å². The third-order valence-corrected chi connectivity index (χ3v) is 5.25. The maximum Gasteiger partial charge on any atom is 0.306 e. The number of aliphatic hydroxyl groups is 1. The van der Waals surface area contributed by atoms with Crippen LogP contribution in [0.25, 0.3) is 5.57 Å². The summed E-state index contributed by atoms with van der Waals surface area (Å²) in [5.41, 5.74) is 0.113. The smallest absolute Gasteiger partial charge is 0.306 e. The van der Waals surface area contributed by atoms with Gasteiger partial charge in [-0.2, -0.15) is 0 Å². The molecule has 1 aromatic heterocycles. The number of nitrogens with zero attached hydrogens (tertiary/aromatic N) is 1. The van der Waals surface area contributed by atoms with Gasteiger partial charge in [-0.15, -0.1) is 11.3 Å². The van der Waals surface area contributed by atoms with Gasteiger partial charge in [-0.1, -0.05) is 0 Å². The number of carboxylic acid groups (broad SMARTS) is 1. The van der Waals surface area contributed by atoms with Crippen molar-refractivity contribution in [2.75, 3.05) is 18.0 Å². The number of anilines is 1. The summed E-state index contributed by atoms with van der Waals surface area (Å²) in [4.78, 5) is 36.8. The molecule has 0 atom stereocenters. The summed E-state index contributed by atoms with van der Waals surface area (Å²) < 4.78 is 0. The predicted molar refractivity (Wildman–Crippen MR) is 81.1 cm³/mol. The third kappa shape index (κ3) is 2.52. The number of hydrogen-bond donors (Lipinski definition) is 2. The van der Waals surface area contributed by atoms with Gasteiger partial charge in [0.25, 0.3) is 0 Å². The summed E-state index contributed by atoms with van der Waals surface area (Å²) in [5.74, 6) is -2.42. The van der Waals surface area contributed by atoms with Crippen LogP contribution in [0.15, 0.2) is 17.9 Å². The molecule has 0 unspecified atom stereocenters. The van der Waals surface area contributed by atoms with E-state index in [0.29, 0.717) is 30.8 Å². The number of aliphatic carboxylic acids is 1. The minimum absolute atomic E-state index is 0.113. The van der Waals surface area contributed by atoms with E-state index in [-0.39, 0.29) is 23.7 Å². The highest BCUT2D eigenvalue weighted by Gasteiger charge is 2.33. The van der Waals surface area contributed by atoms with Crippen molar-refractivity contribution in [2.24, 2.45) is 5.92 Å². The van der Waals surface area contributed by atoms with E-state index in [1.165, 1.54) is 11.3 Å². The number of thiophene rings is 1. The molecule has 0 radical (unpaired) electrons. The van der Waals surface area contributed by atoms with Gasteiger partial charge in [-0.3, -0.25) is 14.4 Å². The topological polar surface area (TPSA) is 94.9 Å². The maximum absolute atomic E-state index is 11.8. The molecule has 0 saturated carbocycles. The average Bonchev–Trinajstić information content (AvgIpc) is 3.05. The Morgan fingerprint density at radius 2 is 1.91 bits per heavy atom. The fraction of sp³-hybridized carbons (Fsp3) is 0.400. The summed E-state index contributed by atoms with van der Waals surface area (Å²) in [5, 5.41) is 19.7. The van der Waals surface area contributed by atoms with Crippen molar-refractivity contribution >= 4 is 39.4 Å². The molecular formula is C15H15NO5S. The molecule has 0 spiro atoms. The molecule has 6 nitrogen and oxygen atoms in total. The van der Waals surface area contributed by atoms with E-state index in [4.69, 9.17) is 5.11 Å². The molecular weight excluding hydrogens is 306 g/mol. The van der Waals surface area contributed by atoms with Gasteiger partial charge < -0.3 is 15.1 Å². The molecule has 2 heterocycles. The van der Waals surface area contributed by atoms with Gasteiger partial charge in [0.1, 0.15) is 5.76 Å². The first-order valence-corrected chi connectivity index (χ1v) is 7.86. The molecule has 0 aromatic carbocycles. The van der Waals surface area contributed by atoms with Gasteiger partial charge >= 0.3 is 5.97 Å². The normalized spacial score (nSPS) is 20.1. The Morgan fingerprint density at radius 3 is 2.45 bits per heavy atom. The zero-order valence-corrected chi connectivity index (χ0v) is 12.6. The summed E-state index contributed by atoms with van der Waals surface area (Å²) >= 11 is 1.34. The van der Waals surface area contributed by atoms with Crippen molar-refractivity contribution in [3.8, 4) is 0 Å². The number of carbonyl (C=O) groups is 3. The third-order valence-electron chi connectivity index (χ3n) is 4.09. The Morgan fingerprint density at radius 1 is 1.23 bits per heavy atom. The van der Waals surface area contributed by atoms with E-state index < -0.39 is 17.5 Å². The number of carboxylic acids is 1. The second-order valence-corrected chi connectivity index (χ2v) is 6.55. The van der Waals surface area contributed by atoms with E-state index in [2.05, 4.69) is 4.90 Å². The highest BCUT2D eigenvalue weighted by Crippen LogP contribution is 2.37. The van der Waals surface area contributed by atoms with Crippen molar-refractivity contribution in [1.29, 1.82) is 0 Å². The van der Waals surface area contributed by atoms with Crippen molar-refractivity contribution in [1.82, 2.24) is 0 Å². The number of allylic oxidation sites excluding steroid dienone is 2. The van der Waals surface area contributed by atoms with Crippen LogP contribution in [0.1, 0.15) is 24.1 Å². The number of piperidine rings is 1. The van der Waals surface area contributed by atoms with Crippen LogP contribution in [-0.2, 0) is 14.4 Å². The monoisotopic (exact) mass is 321 g/mol. The van der Waals surface area contributed by atoms with Crippen LogP contribution >= 0.6 is 11.3 Å². The van der Waals surface area contributed by atoms with Crippen LogP contribution in [0.3, 0.4) is 0 Å². The zero-order valence-electron chi connectivity index (χ0n) is 11.7. The van der Waals surface area contributed by atoms with E-state index in [1.54, 1.807) is 6.07 Å². The fourth-order valence-electron chi connectivity index (χ4n) is 2.82. The standard InChI is InChI=1S/C15H15NO5S/c17-9-7-10(18)14(19)13(9)11-1-2-12(22-11)16-5-3-8(4-6-16)15(20)21/h1-2,8,17H,3-7H2,(H,20,21). The second-order valence-electron chi connectivity index (χ2n) is 5.49. The summed E-state index contributed by atoms with van der Waals surface area (Å²) in [6, 6.07) is 3.57. The minimum Gasteiger partial charge on any atom is -0.511 e. The molecule has 7 heteroatoms. The van der Waals surface area contributed by atoms with Crippen LogP contribution in [0.5, 0.6) is 0 Å². The summed E-state index contributed by atoms with van der Waals surface area (Å²) in [6.07, 6.45) is 0.966. The molecule has 22 heavy (non-hydrogen) atoms. The zero-order chi connectivity index (χ0) is 15.9. The number of aliphatic hydroxyl groups excluding tert-OH is 1. The summed E-state index contributed by atoms with van der Waals surface area (Å²) in [6.45, 7) is 1.30. The molecule has 1 fully saturated rings. The van der Waals surface area contributed by atoms with Crippen LogP contribution in [0.2, 0.25) is 0 Å². The number of hydrogen-bond acceptors (Lipinski definition) is 6. The predicted octanol–water partition coefficient (Wildman–Crippen LogP) is 1.86. The Bertz CT molecular complexity index is 682. The highest BCUT2D eigenvalue weighted by molar-refractivity contribution is 7.17.